The van der Waals surface area contributed by atoms with E-state index in [9.17, 15) is 9.18 Å². The number of halogens is 2. The van der Waals surface area contributed by atoms with Crippen LogP contribution in [0, 0.1) is 5.82 Å². The number of hydrazine groups is 1. The molecule has 4 aromatic rings. The maximum Gasteiger partial charge on any atom is 0.265 e. The number of para-hydroxylation sites is 1. The molecule has 0 radical (unpaired) electrons. The quantitative estimate of drug-likeness (QED) is 0.310. The molecule has 0 atom stereocenters. The molecule has 7 heteroatoms. The molecular formula is C21H16ClFN4O. The highest BCUT2D eigenvalue weighted by Gasteiger charge is 2.14. The Morgan fingerprint density at radius 1 is 1.11 bits per heavy atom. The summed E-state index contributed by atoms with van der Waals surface area (Å²) in [5.74, 6) is 4.45. The van der Waals surface area contributed by atoms with E-state index < -0.39 is 0 Å². The third kappa shape index (κ3) is 3.35. The number of nitrogens with zero attached hydrogens (tertiary/aromatic N) is 2. The summed E-state index contributed by atoms with van der Waals surface area (Å²) in [6.07, 6.45) is 0. The number of nitrogens with two attached hydrogens (primary N) is 1. The third-order valence-corrected chi connectivity index (χ3v) is 4.90. The number of hydrogen-bond donors (Lipinski definition) is 2. The number of aromatic nitrogens is 2. The molecule has 0 aliphatic heterocycles. The molecule has 0 saturated heterocycles. The fourth-order valence-electron chi connectivity index (χ4n) is 3.14. The number of benzene rings is 3. The van der Waals surface area contributed by atoms with Crippen molar-refractivity contribution in [1.82, 2.24) is 15.2 Å². The van der Waals surface area contributed by atoms with E-state index in [-0.39, 0.29) is 11.7 Å². The zero-order valence-electron chi connectivity index (χ0n) is 14.7. The Balaban J connectivity index is 1.77. The highest BCUT2D eigenvalue weighted by molar-refractivity contribution is 6.31. The van der Waals surface area contributed by atoms with E-state index in [2.05, 4.69) is 5.43 Å². The van der Waals surface area contributed by atoms with Gasteiger partial charge in [0.1, 0.15) is 11.5 Å². The first kappa shape index (κ1) is 18.2. The van der Waals surface area contributed by atoms with E-state index in [0.29, 0.717) is 17.1 Å². The van der Waals surface area contributed by atoms with E-state index in [1.165, 1.54) is 12.1 Å². The van der Waals surface area contributed by atoms with Crippen LogP contribution in [0.15, 0.2) is 66.7 Å². The van der Waals surface area contributed by atoms with Gasteiger partial charge in [-0.15, -0.1) is 0 Å². The Labute approximate surface area is 165 Å². The van der Waals surface area contributed by atoms with E-state index in [4.69, 9.17) is 22.5 Å². The van der Waals surface area contributed by atoms with Crippen molar-refractivity contribution < 1.29 is 9.18 Å². The van der Waals surface area contributed by atoms with Crippen LogP contribution in [0.25, 0.3) is 22.2 Å². The van der Waals surface area contributed by atoms with Crippen molar-refractivity contribution in [3.8, 4) is 11.3 Å². The monoisotopic (exact) mass is 394 g/mol. The predicted octanol–water partition coefficient (Wildman–Crippen LogP) is 4.15. The Morgan fingerprint density at radius 2 is 1.86 bits per heavy atom. The van der Waals surface area contributed by atoms with Crippen LogP contribution in [0.4, 0.5) is 4.39 Å². The first-order valence-electron chi connectivity index (χ1n) is 8.57. The van der Waals surface area contributed by atoms with Gasteiger partial charge in [-0.1, -0.05) is 48.0 Å². The van der Waals surface area contributed by atoms with Gasteiger partial charge >= 0.3 is 0 Å². The number of amides is 1. The van der Waals surface area contributed by atoms with Gasteiger partial charge in [0.15, 0.2) is 0 Å². The lowest BCUT2D eigenvalue weighted by Gasteiger charge is -2.06. The maximum absolute atomic E-state index is 13.3. The largest absolute Gasteiger partial charge is 0.290 e. The summed E-state index contributed by atoms with van der Waals surface area (Å²) in [4.78, 5) is 11.6. The highest BCUT2D eigenvalue weighted by Crippen LogP contribution is 2.29. The van der Waals surface area contributed by atoms with Crippen LogP contribution in [0.2, 0.25) is 5.02 Å². The Kier molecular flexibility index (Phi) is 4.81. The molecule has 0 fully saturated rings. The van der Waals surface area contributed by atoms with Crippen molar-refractivity contribution in [3.63, 3.8) is 0 Å². The highest BCUT2D eigenvalue weighted by atomic mass is 35.5. The number of rotatable bonds is 4. The molecule has 0 spiro atoms. The average molecular weight is 395 g/mol. The molecule has 0 bridgehead atoms. The summed E-state index contributed by atoms with van der Waals surface area (Å²) >= 11 is 6.19. The fourth-order valence-corrected chi connectivity index (χ4v) is 3.36. The summed E-state index contributed by atoms with van der Waals surface area (Å²) in [5, 5.41) is 6.08. The van der Waals surface area contributed by atoms with Crippen LogP contribution in [-0.4, -0.2) is 15.7 Å². The fraction of sp³-hybridized carbons (Fsp3) is 0.0476. The van der Waals surface area contributed by atoms with Gasteiger partial charge in [0, 0.05) is 21.5 Å². The van der Waals surface area contributed by atoms with Crippen molar-refractivity contribution in [3.05, 3.63) is 88.7 Å². The SMILES string of the molecule is NNC(=O)c1ccc(-c2nn(Cc3ccc(F)cc3Cl)c3ccccc23)cc1. The first-order chi connectivity index (χ1) is 13.6. The summed E-state index contributed by atoms with van der Waals surface area (Å²) in [6.45, 7) is 0.410. The zero-order valence-corrected chi connectivity index (χ0v) is 15.4. The van der Waals surface area contributed by atoms with Crippen LogP contribution in [-0.2, 0) is 6.54 Å². The molecule has 28 heavy (non-hydrogen) atoms. The van der Waals surface area contributed by atoms with Gasteiger partial charge < -0.3 is 0 Å². The van der Waals surface area contributed by atoms with Crippen molar-refractivity contribution >= 4 is 28.4 Å². The lowest BCUT2D eigenvalue weighted by molar-refractivity contribution is 0.0953. The Hall–Kier alpha value is -3.22. The second-order valence-electron chi connectivity index (χ2n) is 6.31. The standard InChI is InChI=1S/C21H16ClFN4O/c22-18-11-16(23)10-9-15(18)12-27-19-4-2-1-3-17(19)20(26-27)13-5-7-14(8-6-13)21(28)25-24/h1-11H,12,24H2,(H,25,28). The summed E-state index contributed by atoms with van der Waals surface area (Å²) in [5.41, 5.74) is 5.94. The van der Waals surface area contributed by atoms with Gasteiger partial charge in [0.2, 0.25) is 0 Å². The molecule has 0 saturated carbocycles. The molecule has 5 nitrogen and oxygen atoms in total. The molecular weight excluding hydrogens is 379 g/mol. The van der Waals surface area contributed by atoms with Gasteiger partial charge in [0.25, 0.3) is 5.91 Å². The molecule has 1 amide bonds. The Bertz CT molecular complexity index is 1170. The van der Waals surface area contributed by atoms with E-state index in [1.54, 1.807) is 18.2 Å². The number of carbonyl (C=O) groups excluding carboxylic acids is 1. The molecule has 1 aromatic heterocycles. The predicted molar refractivity (Wildman–Crippen MR) is 107 cm³/mol. The van der Waals surface area contributed by atoms with Gasteiger partial charge in [-0.05, 0) is 35.9 Å². The summed E-state index contributed by atoms with van der Waals surface area (Å²) in [7, 11) is 0. The van der Waals surface area contributed by atoms with Crippen LogP contribution < -0.4 is 11.3 Å². The van der Waals surface area contributed by atoms with Crippen molar-refractivity contribution in [1.29, 1.82) is 0 Å². The molecule has 4 rings (SSSR count). The second kappa shape index (κ2) is 7.42. The van der Waals surface area contributed by atoms with Gasteiger partial charge in [0.05, 0.1) is 12.1 Å². The Morgan fingerprint density at radius 3 is 2.57 bits per heavy atom. The minimum absolute atomic E-state index is 0.354. The number of hydrogen-bond acceptors (Lipinski definition) is 3. The minimum atomic E-state index is -0.374. The molecule has 0 aliphatic carbocycles. The maximum atomic E-state index is 13.3. The van der Waals surface area contributed by atoms with Crippen LogP contribution in [0.3, 0.4) is 0 Å². The van der Waals surface area contributed by atoms with Gasteiger partial charge in [-0.25, -0.2) is 10.2 Å². The van der Waals surface area contributed by atoms with Crippen molar-refractivity contribution in [2.75, 3.05) is 0 Å². The number of nitrogens with one attached hydrogen (secondary N) is 1. The number of nitrogen functional groups attached to an aromatic ring is 1. The number of carbonyl (C=O) groups is 1. The van der Waals surface area contributed by atoms with E-state index in [1.807, 2.05) is 41.1 Å². The van der Waals surface area contributed by atoms with Crippen LogP contribution in [0.5, 0.6) is 0 Å². The molecule has 3 aromatic carbocycles. The first-order valence-corrected chi connectivity index (χ1v) is 8.95. The van der Waals surface area contributed by atoms with Gasteiger partial charge in [-0.3, -0.25) is 14.9 Å². The lowest BCUT2D eigenvalue weighted by Crippen LogP contribution is -2.29. The summed E-state index contributed by atoms with van der Waals surface area (Å²) in [6, 6.07) is 19.2. The van der Waals surface area contributed by atoms with Crippen molar-refractivity contribution in [2.45, 2.75) is 6.54 Å². The van der Waals surface area contributed by atoms with Crippen LogP contribution >= 0.6 is 11.6 Å². The molecule has 3 N–H and O–H groups in total. The normalized spacial score (nSPS) is 11.0. The number of fused-ring (bicyclic) bond motifs is 1. The zero-order chi connectivity index (χ0) is 19.7. The van der Waals surface area contributed by atoms with E-state index in [0.717, 1.165) is 27.7 Å². The van der Waals surface area contributed by atoms with Crippen molar-refractivity contribution in [2.24, 2.45) is 5.84 Å². The molecule has 0 aliphatic rings. The van der Waals surface area contributed by atoms with Crippen LogP contribution in [0.1, 0.15) is 15.9 Å². The topological polar surface area (TPSA) is 72.9 Å². The molecule has 140 valence electrons. The molecule has 0 unspecified atom stereocenters. The lowest BCUT2D eigenvalue weighted by atomic mass is 10.1. The van der Waals surface area contributed by atoms with E-state index >= 15 is 0 Å². The minimum Gasteiger partial charge on any atom is -0.290 e. The summed E-state index contributed by atoms with van der Waals surface area (Å²) < 4.78 is 15.2. The van der Waals surface area contributed by atoms with Gasteiger partial charge in [-0.2, -0.15) is 5.10 Å². The molecule has 1 heterocycles. The third-order valence-electron chi connectivity index (χ3n) is 4.54. The smallest absolute Gasteiger partial charge is 0.265 e. The second-order valence-corrected chi connectivity index (χ2v) is 6.72. The average Bonchev–Trinajstić information content (AvgIpc) is 3.08.